The number of ketones is 3. The highest BCUT2D eigenvalue weighted by atomic mass is 35.5. The third kappa shape index (κ3) is 2.50. The molecule has 162 valence electrons. The van der Waals surface area contributed by atoms with Gasteiger partial charge in [-0.1, -0.05) is 78.4 Å². The number of rotatable bonds is 2. The summed E-state index contributed by atoms with van der Waals surface area (Å²) in [6.45, 7) is 1.54. The number of anilines is 1. The summed E-state index contributed by atoms with van der Waals surface area (Å²) in [7, 11) is 0. The van der Waals surface area contributed by atoms with E-state index < -0.39 is 23.4 Å². The highest BCUT2D eigenvalue weighted by molar-refractivity contribution is 6.32. The lowest BCUT2D eigenvalue weighted by Gasteiger charge is -2.37. The highest BCUT2D eigenvalue weighted by Gasteiger charge is 2.71. The third-order valence-corrected chi connectivity index (χ3v) is 7.58. The quantitative estimate of drug-likeness (QED) is 0.490. The van der Waals surface area contributed by atoms with E-state index >= 15 is 0 Å². The molecular formula is C28H20ClNO3. The molecule has 0 aromatic heterocycles. The zero-order valence-corrected chi connectivity index (χ0v) is 18.6. The summed E-state index contributed by atoms with van der Waals surface area (Å²) >= 11 is 6.24. The molecule has 6 rings (SSSR count). The standard InChI is InChI=1S/C28H20ClNO3/c1-16(31)25-24(17-7-3-2-4-8-17)28(26(32)20-9-5-6-10-21(20)27(28)33)23-14-11-18-15-19(29)12-13-22(18)30(23)25/h2-15,23-25H,1H3/t23-,24-,25+/m0/s1. The van der Waals surface area contributed by atoms with E-state index in [4.69, 9.17) is 11.6 Å². The Morgan fingerprint density at radius 1 is 0.909 bits per heavy atom. The van der Waals surface area contributed by atoms with Crippen molar-refractivity contribution in [1.82, 2.24) is 0 Å². The van der Waals surface area contributed by atoms with Gasteiger partial charge in [-0.25, -0.2) is 0 Å². The second kappa shape index (κ2) is 7.00. The molecule has 3 aromatic carbocycles. The van der Waals surface area contributed by atoms with Crippen molar-refractivity contribution in [2.45, 2.75) is 24.9 Å². The van der Waals surface area contributed by atoms with Gasteiger partial charge in [-0.2, -0.15) is 0 Å². The molecule has 2 aliphatic heterocycles. The minimum absolute atomic E-state index is 0.0847. The van der Waals surface area contributed by atoms with Crippen LogP contribution in [0.5, 0.6) is 0 Å². The number of fused-ring (bicyclic) bond motifs is 5. The van der Waals surface area contributed by atoms with Gasteiger partial charge in [0, 0.05) is 27.8 Å². The van der Waals surface area contributed by atoms with E-state index in [0.717, 1.165) is 16.8 Å². The van der Waals surface area contributed by atoms with Gasteiger partial charge in [-0.3, -0.25) is 14.4 Å². The lowest BCUT2D eigenvalue weighted by Crippen LogP contribution is -2.48. The smallest absolute Gasteiger partial charge is 0.180 e. The van der Waals surface area contributed by atoms with E-state index in [1.54, 1.807) is 37.3 Å². The Balaban J connectivity index is 1.68. The van der Waals surface area contributed by atoms with E-state index in [1.807, 2.05) is 59.5 Å². The molecule has 0 N–H and O–H groups in total. The van der Waals surface area contributed by atoms with Crippen LogP contribution < -0.4 is 4.90 Å². The minimum atomic E-state index is -1.42. The van der Waals surface area contributed by atoms with Crippen molar-refractivity contribution in [3.05, 3.63) is 106 Å². The molecule has 5 heteroatoms. The van der Waals surface area contributed by atoms with E-state index in [-0.39, 0.29) is 17.3 Å². The maximum absolute atomic E-state index is 14.2. The number of carbonyl (C=O) groups is 3. The number of hydrogen-bond donors (Lipinski definition) is 0. The molecule has 1 fully saturated rings. The minimum Gasteiger partial charge on any atom is -0.352 e. The van der Waals surface area contributed by atoms with Crippen molar-refractivity contribution in [2.75, 3.05) is 4.90 Å². The fourth-order valence-corrected chi connectivity index (χ4v) is 6.31. The molecule has 1 saturated heterocycles. The Labute approximate surface area is 196 Å². The van der Waals surface area contributed by atoms with Crippen molar-refractivity contribution in [1.29, 1.82) is 0 Å². The average Bonchev–Trinajstić information content (AvgIpc) is 3.26. The van der Waals surface area contributed by atoms with Crippen LogP contribution in [0, 0.1) is 5.41 Å². The summed E-state index contributed by atoms with van der Waals surface area (Å²) in [6, 6.07) is 20.7. The second-order valence-corrected chi connectivity index (χ2v) is 9.37. The van der Waals surface area contributed by atoms with Crippen LogP contribution in [0.3, 0.4) is 0 Å². The Hall–Kier alpha value is -3.50. The van der Waals surface area contributed by atoms with Gasteiger partial charge in [0.15, 0.2) is 17.3 Å². The summed E-state index contributed by atoms with van der Waals surface area (Å²) in [4.78, 5) is 43.6. The monoisotopic (exact) mass is 453 g/mol. The molecule has 3 aromatic rings. The number of halogens is 1. The molecule has 33 heavy (non-hydrogen) atoms. The fraction of sp³-hybridized carbons (Fsp3) is 0.179. The SMILES string of the molecule is CC(=O)[C@@H]1[C@H](c2ccccc2)C2(C(=O)c3ccccc3C2=O)[C@@H]2C=Cc3cc(Cl)ccc3N12. The first kappa shape index (κ1) is 20.1. The molecule has 3 atom stereocenters. The number of nitrogens with zero attached hydrogens (tertiary/aromatic N) is 1. The molecule has 0 radical (unpaired) electrons. The Morgan fingerprint density at radius 2 is 1.55 bits per heavy atom. The van der Waals surface area contributed by atoms with E-state index in [2.05, 4.69) is 0 Å². The molecule has 0 amide bonds. The summed E-state index contributed by atoms with van der Waals surface area (Å²) in [5.74, 6) is -1.13. The number of hydrogen-bond acceptors (Lipinski definition) is 4. The maximum atomic E-state index is 14.2. The van der Waals surface area contributed by atoms with Gasteiger partial charge in [0.2, 0.25) is 0 Å². The molecule has 0 saturated carbocycles. The molecule has 3 aliphatic rings. The van der Waals surface area contributed by atoms with Gasteiger partial charge in [0.05, 0.1) is 12.1 Å². The Bertz CT molecular complexity index is 1340. The van der Waals surface area contributed by atoms with Crippen LogP contribution in [-0.2, 0) is 4.79 Å². The zero-order chi connectivity index (χ0) is 22.9. The summed E-state index contributed by atoms with van der Waals surface area (Å²) in [5, 5.41) is 0.588. The zero-order valence-electron chi connectivity index (χ0n) is 17.9. The Kier molecular flexibility index (Phi) is 4.27. The van der Waals surface area contributed by atoms with Crippen molar-refractivity contribution >= 4 is 40.7 Å². The van der Waals surface area contributed by atoms with Crippen molar-refractivity contribution < 1.29 is 14.4 Å². The molecule has 1 aliphatic carbocycles. The lowest BCUT2D eigenvalue weighted by atomic mass is 9.64. The third-order valence-electron chi connectivity index (χ3n) is 7.34. The van der Waals surface area contributed by atoms with Crippen LogP contribution in [0.25, 0.3) is 6.08 Å². The molecule has 1 spiro atoms. The van der Waals surface area contributed by atoms with Gasteiger partial charge in [-0.05, 0) is 36.2 Å². The molecule has 2 heterocycles. The molecular weight excluding hydrogens is 434 g/mol. The first-order valence-corrected chi connectivity index (χ1v) is 11.3. The normalized spacial score (nSPS) is 24.1. The van der Waals surface area contributed by atoms with Gasteiger partial charge < -0.3 is 4.90 Å². The summed E-state index contributed by atoms with van der Waals surface area (Å²) < 4.78 is 0. The first-order chi connectivity index (χ1) is 16.0. The van der Waals surface area contributed by atoms with Gasteiger partial charge >= 0.3 is 0 Å². The maximum Gasteiger partial charge on any atom is 0.180 e. The van der Waals surface area contributed by atoms with Crippen molar-refractivity contribution in [3.63, 3.8) is 0 Å². The van der Waals surface area contributed by atoms with E-state index in [0.29, 0.717) is 16.1 Å². The van der Waals surface area contributed by atoms with E-state index in [9.17, 15) is 14.4 Å². The van der Waals surface area contributed by atoms with Crippen molar-refractivity contribution in [3.8, 4) is 0 Å². The topological polar surface area (TPSA) is 54.5 Å². The highest BCUT2D eigenvalue weighted by Crippen LogP contribution is 2.60. The number of benzene rings is 3. The molecule has 0 unspecified atom stereocenters. The molecule has 4 nitrogen and oxygen atoms in total. The van der Waals surface area contributed by atoms with Crippen LogP contribution >= 0.6 is 11.6 Å². The van der Waals surface area contributed by atoms with Gasteiger partial charge in [0.25, 0.3) is 0 Å². The van der Waals surface area contributed by atoms with Crippen LogP contribution in [0.4, 0.5) is 5.69 Å². The predicted molar refractivity (Wildman–Crippen MR) is 128 cm³/mol. The average molecular weight is 454 g/mol. The number of carbonyl (C=O) groups excluding carboxylic acids is 3. The van der Waals surface area contributed by atoms with Crippen molar-refractivity contribution in [2.24, 2.45) is 5.41 Å². The Morgan fingerprint density at radius 3 is 2.18 bits per heavy atom. The van der Waals surface area contributed by atoms with Crippen LogP contribution in [0.15, 0.2) is 78.9 Å². The van der Waals surface area contributed by atoms with Crippen LogP contribution in [0.2, 0.25) is 5.02 Å². The molecule has 0 bridgehead atoms. The summed E-state index contributed by atoms with van der Waals surface area (Å²) in [6.07, 6.45) is 3.82. The predicted octanol–water partition coefficient (Wildman–Crippen LogP) is 5.36. The first-order valence-electron chi connectivity index (χ1n) is 11.0. The largest absolute Gasteiger partial charge is 0.352 e. The lowest BCUT2D eigenvalue weighted by molar-refractivity contribution is -0.118. The second-order valence-electron chi connectivity index (χ2n) is 8.93. The van der Waals surface area contributed by atoms with Crippen LogP contribution in [-0.4, -0.2) is 29.4 Å². The van der Waals surface area contributed by atoms with Gasteiger partial charge in [-0.15, -0.1) is 0 Å². The van der Waals surface area contributed by atoms with Gasteiger partial charge in [0.1, 0.15) is 5.41 Å². The van der Waals surface area contributed by atoms with E-state index in [1.165, 1.54) is 0 Å². The van der Waals surface area contributed by atoms with Crippen LogP contribution in [0.1, 0.15) is 44.7 Å². The number of Topliss-reactive ketones (excluding diaryl/α,β-unsaturated/α-hetero) is 3. The summed E-state index contributed by atoms with van der Waals surface area (Å²) in [5.41, 5.74) is 1.93. The fourth-order valence-electron chi connectivity index (χ4n) is 6.13.